The Balaban J connectivity index is 2.67. The van der Waals surface area contributed by atoms with Crippen molar-refractivity contribution in [2.24, 2.45) is 11.7 Å². The van der Waals surface area contributed by atoms with Crippen LogP contribution >= 0.6 is 15.9 Å². The highest BCUT2D eigenvalue weighted by atomic mass is 79.9. The van der Waals surface area contributed by atoms with Crippen molar-refractivity contribution in [1.82, 2.24) is 0 Å². The summed E-state index contributed by atoms with van der Waals surface area (Å²) in [5.41, 5.74) is 6.75. The maximum atomic E-state index is 13.0. The van der Waals surface area contributed by atoms with Crippen LogP contribution in [-0.4, -0.2) is 6.04 Å². The molecule has 2 N–H and O–H groups in total. The molecule has 15 heavy (non-hydrogen) atoms. The highest BCUT2D eigenvalue weighted by Gasteiger charge is 2.09. The van der Waals surface area contributed by atoms with Crippen LogP contribution in [0.5, 0.6) is 0 Å². The minimum absolute atomic E-state index is 0.179. The summed E-state index contributed by atoms with van der Waals surface area (Å²) in [6.45, 7) is 4.14. The van der Waals surface area contributed by atoms with E-state index in [1.807, 2.05) is 6.92 Å². The molecule has 0 saturated heterocycles. The van der Waals surface area contributed by atoms with Gasteiger partial charge in [0.2, 0.25) is 0 Å². The second-order valence-electron chi connectivity index (χ2n) is 4.26. The minimum Gasteiger partial charge on any atom is -0.328 e. The van der Waals surface area contributed by atoms with Crippen LogP contribution < -0.4 is 5.73 Å². The molecule has 0 heterocycles. The van der Waals surface area contributed by atoms with Crippen LogP contribution in [0.1, 0.15) is 25.8 Å². The summed E-state index contributed by atoms with van der Waals surface area (Å²) in [6, 6.07) is 5.00. The van der Waals surface area contributed by atoms with Crippen molar-refractivity contribution in [3.8, 4) is 0 Å². The molecule has 2 atom stereocenters. The Labute approximate surface area is 99.0 Å². The predicted molar refractivity (Wildman–Crippen MR) is 65.2 cm³/mol. The van der Waals surface area contributed by atoms with Crippen molar-refractivity contribution < 1.29 is 4.39 Å². The first-order chi connectivity index (χ1) is 6.99. The van der Waals surface area contributed by atoms with Gasteiger partial charge in [-0.2, -0.15) is 0 Å². The lowest BCUT2D eigenvalue weighted by Crippen LogP contribution is -2.19. The number of hydrogen-bond acceptors (Lipinski definition) is 1. The number of rotatable bonds is 4. The lowest BCUT2D eigenvalue weighted by atomic mass is 9.95. The first kappa shape index (κ1) is 12.7. The van der Waals surface area contributed by atoms with Gasteiger partial charge >= 0.3 is 0 Å². The molecule has 0 bridgehead atoms. The molecule has 1 aromatic carbocycles. The van der Waals surface area contributed by atoms with Gasteiger partial charge in [0, 0.05) is 10.5 Å². The first-order valence-electron chi connectivity index (χ1n) is 5.18. The van der Waals surface area contributed by atoms with Gasteiger partial charge in [0.1, 0.15) is 5.82 Å². The van der Waals surface area contributed by atoms with Gasteiger partial charge in [-0.15, -0.1) is 0 Å². The van der Waals surface area contributed by atoms with E-state index in [1.54, 1.807) is 12.1 Å². The highest BCUT2D eigenvalue weighted by molar-refractivity contribution is 9.10. The molecule has 0 aromatic heterocycles. The molecule has 0 aliphatic carbocycles. The fourth-order valence-electron chi connectivity index (χ4n) is 1.79. The smallest absolute Gasteiger partial charge is 0.123 e. The fourth-order valence-corrected chi connectivity index (χ4v) is 2.20. The van der Waals surface area contributed by atoms with Gasteiger partial charge < -0.3 is 5.73 Å². The molecule has 84 valence electrons. The SMILES string of the molecule is CC(N)CC(C)Cc1cc(F)ccc1Br. The van der Waals surface area contributed by atoms with Crippen LogP contribution in [0.25, 0.3) is 0 Å². The van der Waals surface area contributed by atoms with Gasteiger partial charge in [-0.25, -0.2) is 4.39 Å². The predicted octanol–water partition coefficient (Wildman–Crippen LogP) is 3.50. The van der Waals surface area contributed by atoms with Crippen LogP contribution in [0.4, 0.5) is 4.39 Å². The Bertz CT molecular complexity index is 325. The van der Waals surface area contributed by atoms with Crippen molar-refractivity contribution in [2.45, 2.75) is 32.7 Å². The topological polar surface area (TPSA) is 26.0 Å². The molecule has 2 unspecified atom stereocenters. The summed E-state index contributed by atoms with van der Waals surface area (Å²) in [6.07, 6.45) is 1.82. The van der Waals surface area contributed by atoms with E-state index >= 15 is 0 Å². The molecular weight excluding hydrogens is 257 g/mol. The van der Waals surface area contributed by atoms with Gasteiger partial charge in [0.25, 0.3) is 0 Å². The van der Waals surface area contributed by atoms with Crippen molar-refractivity contribution in [2.75, 3.05) is 0 Å². The quantitative estimate of drug-likeness (QED) is 0.893. The zero-order valence-electron chi connectivity index (χ0n) is 9.13. The zero-order valence-corrected chi connectivity index (χ0v) is 10.7. The van der Waals surface area contributed by atoms with Crippen molar-refractivity contribution in [3.63, 3.8) is 0 Å². The standard InChI is InChI=1S/C12H17BrFN/c1-8(5-9(2)15)6-10-7-11(14)3-4-12(10)13/h3-4,7-9H,5-6,15H2,1-2H3. The minimum atomic E-state index is -0.179. The van der Waals surface area contributed by atoms with E-state index in [9.17, 15) is 4.39 Å². The Morgan fingerprint density at radius 2 is 2.07 bits per heavy atom. The Kier molecular flexibility index (Phi) is 4.74. The molecule has 3 heteroatoms. The summed E-state index contributed by atoms with van der Waals surface area (Å²) in [5, 5.41) is 0. The summed E-state index contributed by atoms with van der Waals surface area (Å²) < 4.78 is 14.0. The van der Waals surface area contributed by atoms with Gasteiger partial charge in [-0.05, 0) is 49.4 Å². The molecule has 0 spiro atoms. The Morgan fingerprint density at radius 3 is 2.67 bits per heavy atom. The number of halogens is 2. The Hall–Kier alpha value is -0.410. The molecule has 1 rings (SSSR count). The summed E-state index contributed by atoms with van der Waals surface area (Å²) >= 11 is 3.43. The van der Waals surface area contributed by atoms with E-state index in [0.717, 1.165) is 22.9 Å². The van der Waals surface area contributed by atoms with Crippen LogP contribution in [0, 0.1) is 11.7 Å². The van der Waals surface area contributed by atoms with Crippen molar-refractivity contribution >= 4 is 15.9 Å². The van der Waals surface area contributed by atoms with E-state index < -0.39 is 0 Å². The molecule has 1 aromatic rings. The average molecular weight is 274 g/mol. The van der Waals surface area contributed by atoms with E-state index in [1.165, 1.54) is 6.07 Å². The second-order valence-corrected chi connectivity index (χ2v) is 5.11. The summed E-state index contributed by atoms with van der Waals surface area (Å²) in [7, 11) is 0. The van der Waals surface area contributed by atoms with Crippen molar-refractivity contribution in [1.29, 1.82) is 0 Å². The molecule has 0 amide bonds. The van der Waals surface area contributed by atoms with Crippen LogP contribution in [0.15, 0.2) is 22.7 Å². The third kappa shape index (κ3) is 4.31. The summed E-state index contributed by atoms with van der Waals surface area (Å²) in [4.78, 5) is 0. The number of nitrogens with two attached hydrogens (primary N) is 1. The zero-order chi connectivity index (χ0) is 11.4. The average Bonchev–Trinajstić information content (AvgIpc) is 2.10. The first-order valence-corrected chi connectivity index (χ1v) is 5.98. The molecule has 1 nitrogen and oxygen atoms in total. The fraction of sp³-hybridized carbons (Fsp3) is 0.500. The Morgan fingerprint density at radius 1 is 1.40 bits per heavy atom. The van der Waals surface area contributed by atoms with Crippen molar-refractivity contribution in [3.05, 3.63) is 34.1 Å². The van der Waals surface area contributed by atoms with Crippen LogP contribution in [-0.2, 0) is 6.42 Å². The highest BCUT2D eigenvalue weighted by Crippen LogP contribution is 2.22. The maximum absolute atomic E-state index is 13.0. The molecule has 0 aliphatic rings. The number of hydrogen-bond donors (Lipinski definition) is 1. The largest absolute Gasteiger partial charge is 0.328 e. The third-order valence-electron chi connectivity index (χ3n) is 2.35. The van der Waals surface area contributed by atoms with Gasteiger partial charge in [-0.1, -0.05) is 22.9 Å². The second kappa shape index (κ2) is 5.61. The van der Waals surface area contributed by atoms with Gasteiger partial charge in [-0.3, -0.25) is 0 Å². The molecule has 0 fully saturated rings. The van der Waals surface area contributed by atoms with Gasteiger partial charge in [0.15, 0.2) is 0 Å². The normalized spacial score (nSPS) is 15.0. The maximum Gasteiger partial charge on any atom is 0.123 e. The molecule has 0 saturated carbocycles. The molecule has 0 radical (unpaired) electrons. The van der Waals surface area contributed by atoms with Crippen LogP contribution in [0.3, 0.4) is 0 Å². The third-order valence-corrected chi connectivity index (χ3v) is 3.12. The van der Waals surface area contributed by atoms with E-state index in [-0.39, 0.29) is 11.9 Å². The van der Waals surface area contributed by atoms with Gasteiger partial charge in [0.05, 0.1) is 0 Å². The molecule has 0 aliphatic heterocycles. The number of benzene rings is 1. The summed E-state index contributed by atoms with van der Waals surface area (Å²) in [5.74, 6) is 0.296. The van der Waals surface area contributed by atoms with E-state index in [2.05, 4.69) is 22.9 Å². The lowest BCUT2D eigenvalue weighted by Gasteiger charge is -2.14. The van der Waals surface area contributed by atoms with E-state index in [0.29, 0.717) is 5.92 Å². The van der Waals surface area contributed by atoms with E-state index in [4.69, 9.17) is 5.73 Å². The lowest BCUT2D eigenvalue weighted by molar-refractivity contribution is 0.478. The monoisotopic (exact) mass is 273 g/mol. The van der Waals surface area contributed by atoms with Crippen LogP contribution in [0.2, 0.25) is 0 Å². The molecular formula is C12H17BrFN.